The van der Waals surface area contributed by atoms with Gasteiger partial charge in [-0.3, -0.25) is 0 Å². The molecule has 6 heteroatoms. The molecule has 0 radical (unpaired) electrons. The van der Waals surface area contributed by atoms with Crippen LogP contribution in [0.5, 0.6) is 0 Å². The van der Waals surface area contributed by atoms with Crippen LogP contribution in [-0.4, -0.2) is 19.9 Å². The first-order chi connectivity index (χ1) is 16.6. The number of nitrogens with zero attached hydrogens (tertiary/aromatic N) is 2. The Morgan fingerprint density at radius 3 is 2.38 bits per heavy atom. The number of aromatic nitrogens is 4. The van der Waals surface area contributed by atoms with Gasteiger partial charge in [-0.1, -0.05) is 24.3 Å². The van der Waals surface area contributed by atoms with E-state index in [1.54, 1.807) is 11.3 Å². The molecule has 2 N–H and O–H groups in total. The summed E-state index contributed by atoms with van der Waals surface area (Å²) in [5.41, 5.74) is 6.81. The first kappa shape index (κ1) is 18.7. The molecule has 0 atom stereocenters. The molecule has 0 bridgehead atoms. The molecule has 162 valence electrons. The molecule has 8 rings (SSSR count). The van der Waals surface area contributed by atoms with Gasteiger partial charge in [0.2, 0.25) is 0 Å². The van der Waals surface area contributed by atoms with Crippen molar-refractivity contribution in [3.63, 3.8) is 0 Å². The molecule has 0 aliphatic rings. The van der Waals surface area contributed by atoms with Gasteiger partial charge in [-0.15, -0.1) is 22.7 Å². The second-order valence-electron chi connectivity index (χ2n) is 8.97. The van der Waals surface area contributed by atoms with Crippen molar-refractivity contribution in [1.29, 1.82) is 0 Å². The maximum Gasteiger partial charge on any atom is 0.104 e. The van der Waals surface area contributed by atoms with Crippen LogP contribution < -0.4 is 0 Å². The second-order valence-corrected chi connectivity index (χ2v) is 11.0. The Kier molecular flexibility index (Phi) is 3.53. The smallest absolute Gasteiger partial charge is 0.104 e. The summed E-state index contributed by atoms with van der Waals surface area (Å²) in [4.78, 5) is 16.2. The van der Waals surface area contributed by atoms with Crippen molar-refractivity contribution in [2.75, 3.05) is 0 Å². The Balaban J connectivity index is 1.36. The van der Waals surface area contributed by atoms with Gasteiger partial charge < -0.3 is 9.97 Å². The topological polar surface area (TPSA) is 57.4 Å². The predicted molar refractivity (Wildman–Crippen MR) is 146 cm³/mol. The molecule has 0 saturated carbocycles. The molecule has 34 heavy (non-hydrogen) atoms. The van der Waals surface area contributed by atoms with Gasteiger partial charge in [-0.05, 0) is 60.7 Å². The number of hydrogen-bond acceptors (Lipinski definition) is 4. The standard InChI is InChI=1S/C28H18N4S2/c1-13-29-22-11-20-17-5-3-16(10-24(17)34-25(20)12-23(22)30-13)15-4-6-18-21(9-15)28-19(7-8-33-28)27-26(18)31-14(2)32-27/h3-12H,1-2H3,(H,29,30)(H,31,32). The number of hydrogen-bond donors (Lipinski definition) is 2. The minimum absolute atomic E-state index is 0.955. The summed E-state index contributed by atoms with van der Waals surface area (Å²) < 4.78 is 3.89. The number of imidazole rings is 2. The van der Waals surface area contributed by atoms with Gasteiger partial charge in [-0.25, -0.2) is 9.97 Å². The van der Waals surface area contributed by atoms with E-state index in [4.69, 9.17) is 4.98 Å². The van der Waals surface area contributed by atoms with E-state index in [0.717, 1.165) is 33.7 Å². The summed E-state index contributed by atoms with van der Waals surface area (Å²) >= 11 is 3.63. The van der Waals surface area contributed by atoms with E-state index in [1.165, 1.54) is 52.2 Å². The molecule has 0 aliphatic carbocycles. The predicted octanol–water partition coefficient (Wildman–Crippen LogP) is 8.46. The average molecular weight is 475 g/mol. The molecule has 4 aromatic carbocycles. The number of benzene rings is 4. The van der Waals surface area contributed by atoms with Crippen LogP contribution in [0, 0.1) is 13.8 Å². The SMILES string of the molecule is Cc1nc2cc3sc4cc(-c5ccc6c(c5)c5sccc5c5nc(C)[nH]c65)ccc4c3cc2[nH]1. The zero-order valence-corrected chi connectivity index (χ0v) is 20.1. The third-order valence-electron chi connectivity index (χ3n) is 6.80. The first-order valence-electron chi connectivity index (χ1n) is 11.2. The summed E-state index contributed by atoms with van der Waals surface area (Å²) in [6.45, 7) is 4.03. The molecule has 0 saturated heterocycles. The Hall–Kier alpha value is -3.74. The molecule has 0 spiro atoms. The molecule has 4 nitrogen and oxygen atoms in total. The third-order valence-corrected chi connectivity index (χ3v) is 8.87. The van der Waals surface area contributed by atoms with Crippen molar-refractivity contribution in [3.8, 4) is 11.1 Å². The van der Waals surface area contributed by atoms with Crippen LogP contribution in [0.3, 0.4) is 0 Å². The zero-order valence-electron chi connectivity index (χ0n) is 18.5. The van der Waals surface area contributed by atoms with Gasteiger partial charge in [0.15, 0.2) is 0 Å². The maximum atomic E-state index is 4.77. The molecule has 0 fully saturated rings. The van der Waals surface area contributed by atoms with Crippen LogP contribution in [0.15, 0.2) is 60.0 Å². The lowest BCUT2D eigenvalue weighted by atomic mass is 9.98. The average Bonchev–Trinajstić information content (AvgIpc) is 3.60. The minimum atomic E-state index is 0.955. The quantitative estimate of drug-likeness (QED) is 0.251. The number of thiophene rings is 2. The molecular weight excluding hydrogens is 456 g/mol. The van der Waals surface area contributed by atoms with Crippen molar-refractivity contribution in [1.82, 2.24) is 19.9 Å². The van der Waals surface area contributed by atoms with Gasteiger partial charge in [-0.2, -0.15) is 0 Å². The maximum absolute atomic E-state index is 4.77. The lowest BCUT2D eigenvalue weighted by molar-refractivity contribution is 1.17. The van der Waals surface area contributed by atoms with E-state index < -0.39 is 0 Å². The largest absolute Gasteiger partial charge is 0.342 e. The number of aryl methyl sites for hydroxylation is 2. The van der Waals surface area contributed by atoms with Gasteiger partial charge >= 0.3 is 0 Å². The fourth-order valence-corrected chi connectivity index (χ4v) is 7.39. The fourth-order valence-electron chi connectivity index (χ4n) is 5.30. The van der Waals surface area contributed by atoms with Crippen LogP contribution in [0.25, 0.3) is 74.2 Å². The van der Waals surface area contributed by atoms with Gasteiger partial charge in [0.05, 0.1) is 22.1 Å². The minimum Gasteiger partial charge on any atom is -0.342 e. The monoisotopic (exact) mass is 474 g/mol. The second kappa shape index (κ2) is 6.44. The highest BCUT2D eigenvalue weighted by Gasteiger charge is 2.15. The Bertz CT molecular complexity index is 2100. The number of aromatic amines is 2. The Labute approximate surface area is 201 Å². The van der Waals surface area contributed by atoms with E-state index in [9.17, 15) is 0 Å². The molecule has 4 aromatic heterocycles. The fraction of sp³-hybridized carbons (Fsp3) is 0.0714. The van der Waals surface area contributed by atoms with Crippen LogP contribution in [0.1, 0.15) is 11.6 Å². The number of nitrogens with one attached hydrogen (secondary N) is 2. The van der Waals surface area contributed by atoms with E-state index in [1.807, 2.05) is 25.2 Å². The molecule has 0 amide bonds. The van der Waals surface area contributed by atoms with E-state index in [-0.39, 0.29) is 0 Å². The third kappa shape index (κ3) is 2.47. The summed E-state index contributed by atoms with van der Waals surface area (Å²) in [6.07, 6.45) is 0. The first-order valence-corrected chi connectivity index (χ1v) is 12.9. The van der Waals surface area contributed by atoms with Crippen molar-refractivity contribution in [3.05, 3.63) is 71.6 Å². The van der Waals surface area contributed by atoms with Gasteiger partial charge in [0, 0.05) is 41.0 Å². The van der Waals surface area contributed by atoms with E-state index >= 15 is 0 Å². The molecule has 0 aliphatic heterocycles. The molecule has 0 unspecified atom stereocenters. The van der Waals surface area contributed by atoms with Crippen molar-refractivity contribution < 1.29 is 0 Å². The van der Waals surface area contributed by atoms with E-state index in [0.29, 0.717) is 0 Å². The molecular formula is C28H18N4S2. The highest BCUT2D eigenvalue weighted by Crippen LogP contribution is 2.41. The van der Waals surface area contributed by atoms with E-state index in [2.05, 4.69) is 74.9 Å². The summed E-state index contributed by atoms with van der Waals surface area (Å²) in [5.74, 6) is 1.91. The van der Waals surface area contributed by atoms with Crippen molar-refractivity contribution in [2.45, 2.75) is 13.8 Å². The van der Waals surface area contributed by atoms with Crippen molar-refractivity contribution in [2.24, 2.45) is 0 Å². The summed E-state index contributed by atoms with van der Waals surface area (Å²) in [5, 5.41) is 8.50. The van der Waals surface area contributed by atoms with Crippen LogP contribution >= 0.6 is 22.7 Å². The summed E-state index contributed by atoms with van der Waals surface area (Å²) in [7, 11) is 0. The number of fused-ring (bicyclic) bond motifs is 10. The van der Waals surface area contributed by atoms with Gasteiger partial charge in [0.1, 0.15) is 11.6 Å². The normalized spacial score (nSPS) is 12.4. The van der Waals surface area contributed by atoms with Crippen LogP contribution in [0.4, 0.5) is 0 Å². The highest BCUT2D eigenvalue weighted by atomic mass is 32.1. The number of H-pyrrole nitrogens is 2. The van der Waals surface area contributed by atoms with Crippen LogP contribution in [-0.2, 0) is 0 Å². The number of rotatable bonds is 1. The van der Waals surface area contributed by atoms with Crippen molar-refractivity contribution >= 4 is 85.8 Å². The van der Waals surface area contributed by atoms with Crippen LogP contribution in [0.2, 0.25) is 0 Å². The molecule has 4 heterocycles. The lowest BCUT2D eigenvalue weighted by Gasteiger charge is -2.07. The molecule has 8 aromatic rings. The van der Waals surface area contributed by atoms with Gasteiger partial charge in [0.25, 0.3) is 0 Å². The Morgan fingerprint density at radius 2 is 1.47 bits per heavy atom. The summed E-state index contributed by atoms with van der Waals surface area (Å²) in [6, 6.07) is 20.3. The Morgan fingerprint density at radius 1 is 0.676 bits per heavy atom. The lowest BCUT2D eigenvalue weighted by Crippen LogP contribution is -1.82. The highest BCUT2D eigenvalue weighted by molar-refractivity contribution is 7.26. The zero-order chi connectivity index (χ0) is 22.6.